The van der Waals surface area contributed by atoms with Gasteiger partial charge in [-0.2, -0.15) is 0 Å². The summed E-state index contributed by atoms with van der Waals surface area (Å²) in [5.74, 6) is 1.09. The van der Waals surface area contributed by atoms with Gasteiger partial charge < -0.3 is 15.2 Å². The van der Waals surface area contributed by atoms with Gasteiger partial charge in [0, 0.05) is 38.1 Å². The van der Waals surface area contributed by atoms with Gasteiger partial charge in [0.1, 0.15) is 0 Å². The largest absolute Gasteiger partial charge is 0.393 e. The van der Waals surface area contributed by atoms with E-state index in [2.05, 4.69) is 10.2 Å². The third-order valence-corrected chi connectivity index (χ3v) is 6.21. The van der Waals surface area contributed by atoms with E-state index in [0.29, 0.717) is 31.6 Å². The van der Waals surface area contributed by atoms with E-state index >= 15 is 0 Å². The molecule has 2 aliphatic heterocycles. The molecule has 5 heteroatoms. The van der Waals surface area contributed by atoms with Crippen molar-refractivity contribution in [2.75, 3.05) is 32.8 Å². The van der Waals surface area contributed by atoms with Gasteiger partial charge in [-0.05, 0) is 44.6 Å². The molecule has 2 heterocycles. The molecular weight excluding hydrogens is 304 g/mol. The first-order valence-corrected chi connectivity index (χ1v) is 10.0. The lowest BCUT2D eigenvalue weighted by molar-refractivity contribution is -0.121. The fourth-order valence-corrected chi connectivity index (χ4v) is 4.71. The Morgan fingerprint density at radius 3 is 2.75 bits per heavy atom. The van der Waals surface area contributed by atoms with E-state index in [9.17, 15) is 9.90 Å². The quantitative estimate of drug-likeness (QED) is 0.777. The summed E-state index contributed by atoms with van der Waals surface area (Å²) in [7, 11) is 0. The van der Waals surface area contributed by atoms with E-state index in [1.807, 2.05) is 0 Å². The van der Waals surface area contributed by atoms with Gasteiger partial charge in [0.25, 0.3) is 0 Å². The average Bonchev–Trinajstić information content (AvgIpc) is 3.08. The van der Waals surface area contributed by atoms with Crippen LogP contribution in [0.25, 0.3) is 0 Å². The predicted molar refractivity (Wildman–Crippen MR) is 93.7 cm³/mol. The minimum Gasteiger partial charge on any atom is -0.393 e. The Hall–Kier alpha value is -0.650. The van der Waals surface area contributed by atoms with E-state index < -0.39 is 0 Å². The summed E-state index contributed by atoms with van der Waals surface area (Å²) >= 11 is 0. The van der Waals surface area contributed by atoms with Crippen LogP contribution in [0.3, 0.4) is 0 Å². The van der Waals surface area contributed by atoms with Crippen LogP contribution in [0.5, 0.6) is 0 Å². The molecule has 2 N–H and O–H groups in total. The molecule has 138 valence electrons. The summed E-state index contributed by atoms with van der Waals surface area (Å²) in [6, 6.07) is 0.381. The van der Waals surface area contributed by atoms with Crippen molar-refractivity contribution in [1.82, 2.24) is 10.2 Å². The van der Waals surface area contributed by atoms with Gasteiger partial charge >= 0.3 is 0 Å². The highest BCUT2D eigenvalue weighted by atomic mass is 16.5. The molecule has 24 heavy (non-hydrogen) atoms. The second kappa shape index (κ2) is 9.16. The van der Waals surface area contributed by atoms with Crippen LogP contribution in [0.4, 0.5) is 0 Å². The second-order valence-corrected chi connectivity index (χ2v) is 7.90. The van der Waals surface area contributed by atoms with Gasteiger partial charge in [-0.15, -0.1) is 0 Å². The van der Waals surface area contributed by atoms with Gasteiger partial charge in [0.2, 0.25) is 5.91 Å². The van der Waals surface area contributed by atoms with Gasteiger partial charge in [0.15, 0.2) is 0 Å². The molecular formula is C19H34N2O3. The highest BCUT2D eigenvalue weighted by molar-refractivity contribution is 5.76. The molecule has 0 bridgehead atoms. The number of rotatable bonds is 6. The molecule has 0 aromatic rings. The second-order valence-electron chi connectivity index (χ2n) is 7.90. The Balaban J connectivity index is 1.39. The monoisotopic (exact) mass is 338 g/mol. The molecule has 1 aliphatic carbocycles. The lowest BCUT2D eigenvalue weighted by Crippen LogP contribution is -2.47. The topological polar surface area (TPSA) is 61.8 Å². The molecule has 3 fully saturated rings. The number of nitrogens with one attached hydrogen (secondary N) is 1. The molecule has 0 radical (unpaired) electrons. The maximum atomic E-state index is 12.2. The van der Waals surface area contributed by atoms with Crippen molar-refractivity contribution in [2.45, 2.75) is 69.9 Å². The summed E-state index contributed by atoms with van der Waals surface area (Å²) in [6.45, 7) is 4.05. The molecule has 1 amide bonds. The number of hydrogen-bond acceptors (Lipinski definition) is 4. The first-order valence-electron chi connectivity index (χ1n) is 10.0. The normalized spacial score (nSPS) is 32.8. The van der Waals surface area contributed by atoms with Crippen molar-refractivity contribution in [1.29, 1.82) is 0 Å². The van der Waals surface area contributed by atoms with Crippen molar-refractivity contribution in [3.05, 3.63) is 0 Å². The zero-order chi connectivity index (χ0) is 16.8. The highest BCUT2D eigenvalue weighted by Gasteiger charge is 2.37. The number of ether oxygens (including phenoxy) is 1. The molecule has 0 aromatic heterocycles. The highest BCUT2D eigenvalue weighted by Crippen LogP contribution is 2.30. The fourth-order valence-electron chi connectivity index (χ4n) is 4.71. The van der Waals surface area contributed by atoms with Crippen LogP contribution in [0.15, 0.2) is 0 Å². The maximum Gasteiger partial charge on any atom is 0.221 e. The summed E-state index contributed by atoms with van der Waals surface area (Å²) in [5.41, 5.74) is 0. The molecule has 1 saturated carbocycles. The minimum absolute atomic E-state index is 0.187. The standard InChI is InChI=1S/C19H34N2O3/c22-18-9-12-24-14-16(18)17-7-4-10-21(17)11-8-19(23)20-13-15-5-2-1-3-6-15/h15-18,22H,1-14H2,(H,20,23). The van der Waals surface area contributed by atoms with E-state index in [0.717, 1.165) is 38.9 Å². The number of aliphatic hydroxyl groups excluding tert-OH is 1. The Morgan fingerprint density at radius 2 is 1.96 bits per heavy atom. The summed E-state index contributed by atoms with van der Waals surface area (Å²) < 4.78 is 5.58. The van der Waals surface area contributed by atoms with Gasteiger partial charge in [0.05, 0.1) is 12.7 Å². The number of amides is 1. The Morgan fingerprint density at radius 1 is 1.12 bits per heavy atom. The van der Waals surface area contributed by atoms with Crippen LogP contribution >= 0.6 is 0 Å². The summed E-state index contributed by atoms with van der Waals surface area (Å²) in [6.07, 6.45) is 9.91. The zero-order valence-electron chi connectivity index (χ0n) is 14.9. The molecule has 3 aliphatic rings. The molecule has 5 nitrogen and oxygen atoms in total. The van der Waals surface area contributed by atoms with Crippen molar-refractivity contribution in [3.63, 3.8) is 0 Å². The lowest BCUT2D eigenvalue weighted by atomic mass is 9.89. The van der Waals surface area contributed by atoms with Gasteiger partial charge in [-0.25, -0.2) is 0 Å². The van der Waals surface area contributed by atoms with Crippen LogP contribution in [-0.4, -0.2) is 60.9 Å². The third-order valence-electron chi connectivity index (χ3n) is 6.21. The number of likely N-dealkylation sites (tertiary alicyclic amines) is 1. The summed E-state index contributed by atoms with van der Waals surface area (Å²) in [4.78, 5) is 14.6. The number of carbonyl (C=O) groups excluding carboxylic acids is 1. The number of nitrogens with zero attached hydrogens (tertiary/aromatic N) is 1. The van der Waals surface area contributed by atoms with E-state index in [1.165, 1.54) is 32.1 Å². The van der Waals surface area contributed by atoms with Crippen LogP contribution in [0.1, 0.15) is 57.8 Å². The van der Waals surface area contributed by atoms with Crippen LogP contribution in [0.2, 0.25) is 0 Å². The van der Waals surface area contributed by atoms with E-state index in [1.54, 1.807) is 0 Å². The Kier molecular flexibility index (Phi) is 6.93. The van der Waals surface area contributed by atoms with Crippen LogP contribution in [0, 0.1) is 11.8 Å². The lowest BCUT2D eigenvalue weighted by Gasteiger charge is -2.37. The molecule has 3 rings (SSSR count). The Labute approximate surface area is 146 Å². The smallest absolute Gasteiger partial charge is 0.221 e. The van der Waals surface area contributed by atoms with E-state index in [4.69, 9.17) is 4.74 Å². The molecule has 0 spiro atoms. The minimum atomic E-state index is -0.246. The first-order chi connectivity index (χ1) is 11.7. The predicted octanol–water partition coefficient (Wildman–Crippen LogP) is 1.93. The van der Waals surface area contributed by atoms with Gasteiger partial charge in [-0.3, -0.25) is 9.69 Å². The third kappa shape index (κ3) is 4.93. The number of aliphatic hydroxyl groups is 1. The fraction of sp³-hybridized carbons (Fsp3) is 0.947. The number of hydrogen-bond donors (Lipinski definition) is 2. The zero-order valence-corrected chi connectivity index (χ0v) is 14.9. The molecule has 3 unspecified atom stereocenters. The number of carbonyl (C=O) groups is 1. The van der Waals surface area contributed by atoms with Crippen molar-refractivity contribution in [3.8, 4) is 0 Å². The Bertz CT molecular complexity index is 398. The van der Waals surface area contributed by atoms with Crippen LogP contribution < -0.4 is 5.32 Å². The molecule has 2 saturated heterocycles. The van der Waals surface area contributed by atoms with Crippen molar-refractivity contribution < 1.29 is 14.6 Å². The van der Waals surface area contributed by atoms with Crippen LogP contribution in [-0.2, 0) is 9.53 Å². The SMILES string of the molecule is O=C(CCN1CCCC1C1COCCC1O)NCC1CCCCC1. The maximum absolute atomic E-state index is 12.2. The molecule has 0 aromatic carbocycles. The van der Waals surface area contributed by atoms with Crippen molar-refractivity contribution in [2.24, 2.45) is 11.8 Å². The van der Waals surface area contributed by atoms with Crippen molar-refractivity contribution >= 4 is 5.91 Å². The summed E-state index contributed by atoms with van der Waals surface area (Å²) in [5, 5.41) is 13.4. The molecule has 3 atom stereocenters. The first kappa shape index (κ1) is 18.2. The van der Waals surface area contributed by atoms with Gasteiger partial charge in [-0.1, -0.05) is 19.3 Å². The van der Waals surface area contributed by atoms with E-state index in [-0.39, 0.29) is 17.9 Å². The average molecular weight is 338 g/mol.